The fourth-order valence-corrected chi connectivity index (χ4v) is 1.55. The van der Waals surface area contributed by atoms with Crippen molar-refractivity contribution in [1.82, 2.24) is 10.6 Å². The lowest BCUT2D eigenvalue weighted by Gasteiger charge is -2.20. The van der Waals surface area contributed by atoms with Gasteiger partial charge in [-0.2, -0.15) is 0 Å². The lowest BCUT2D eigenvalue weighted by Crippen LogP contribution is -2.39. The van der Waals surface area contributed by atoms with Gasteiger partial charge in [-0.1, -0.05) is 20.3 Å². The van der Waals surface area contributed by atoms with E-state index in [1.54, 1.807) is 0 Å². The number of ether oxygens (including phenoxy) is 1. The van der Waals surface area contributed by atoms with E-state index < -0.39 is 5.60 Å². The largest absolute Gasteiger partial charge is 0.444 e. The van der Waals surface area contributed by atoms with Crippen molar-refractivity contribution < 1.29 is 9.53 Å². The zero-order valence-corrected chi connectivity index (χ0v) is 11.9. The third kappa shape index (κ3) is 10.1. The molecule has 0 aromatic carbocycles. The summed E-state index contributed by atoms with van der Waals surface area (Å²) in [4.78, 5) is 11.3. The lowest BCUT2D eigenvalue weighted by atomic mass is 10.1. The molecule has 4 nitrogen and oxygen atoms in total. The summed E-state index contributed by atoms with van der Waals surface area (Å²) in [7, 11) is 0. The zero-order valence-electron chi connectivity index (χ0n) is 11.9. The highest BCUT2D eigenvalue weighted by atomic mass is 16.6. The molecule has 0 aliphatic heterocycles. The van der Waals surface area contributed by atoms with Crippen LogP contribution >= 0.6 is 0 Å². The molecule has 0 aliphatic carbocycles. The third-order valence-corrected chi connectivity index (χ3v) is 2.36. The Kier molecular flexibility index (Phi) is 7.96. The number of amides is 1. The first-order chi connectivity index (χ1) is 7.89. The van der Waals surface area contributed by atoms with Crippen LogP contribution in [0.4, 0.5) is 4.79 Å². The maximum atomic E-state index is 11.3. The van der Waals surface area contributed by atoms with Crippen LogP contribution in [0.5, 0.6) is 0 Å². The summed E-state index contributed by atoms with van der Waals surface area (Å²) in [6, 6.07) is 0.556. The van der Waals surface area contributed by atoms with Crippen molar-refractivity contribution in [3.05, 3.63) is 0 Å². The Labute approximate surface area is 105 Å². The van der Waals surface area contributed by atoms with Crippen LogP contribution in [0.15, 0.2) is 0 Å². The van der Waals surface area contributed by atoms with Gasteiger partial charge < -0.3 is 15.4 Å². The number of hydrogen-bond acceptors (Lipinski definition) is 3. The monoisotopic (exact) mass is 244 g/mol. The standard InChI is InChI=1S/C13H28N2O2/c1-6-8-11(7-2)14-9-10-15-12(16)17-13(3,4)5/h11,14H,6-10H2,1-5H3,(H,15,16). The summed E-state index contributed by atoms with van der Waals surface area (Å²) < 4.78 is 5.14. The van der Waals surface area contributed by atoms with Gasteiger partial charge >= 0.3 is 6.09 Å². The van der Waals surface area contributed by atoms with Crippen molar-refractivity contribution >= 4 is 6.09 Å². The van der Waals surface area contributed by atoms with Gasteiger partial charge in [0.05, 0.1) is 0 Å². The van der Waals surface area contributed by atoms with Crippen LogP contribution in [0.25, 0.3) is 0 Å². The van der Waals surface area contributed by atoms with E-state index in [4.69, 9.17) is 4.74 Å². The van der Waals surface area contributed by atoms with Gasteiger partial charge in [0.2, 0.25) is 0 Å². The number of alkyl carbamates (subject to hydrolysis) is 1. The van der Waals surface area contributed by atoms with Gasteiger partial charge in [-0.25, -0.2) is 4.79 Å². The second kappa shape index (κ2) is 8.34. The van der Waals surface area contributed by atoms with Gasteiger partial charge in [0.1, 0.15) is 5.60 Å². The van der Waals surface area contributed by atoms with Gasteiger partial charge in [0.25, 0.3) is 0 Å². The first-order valence-corrected chi connectivity index (χ1v) is 6.59. The summed E-state index contributed by atoms with van der Waals surface area (Å²) in [5.41, 5.74) is -0.425. The molecule has 0 aromatic heterocycles. The zero-order chi connectivity index (χ0) is 13.3. The smallest absolute Gasteiger partial charge is 0.407 e. The topological polar surface area (TPSA) is 50.4 Å². The minimum absolute atomic E-state index is 0.345. The minimum Gasteiger partial charge on any atom is -0.444 e. The van der Waals surface area contributed by atoms with Crippen LogP contribution < -0.4 is 10.6 Å². The van der Waals surface area contributed by atoms with Crippen molar-refractivity contribution in [3.63, 3.8) is 0 Å². The number of carbonyl (C=O) groups excluding carboxylic acids is 1. The quantitative estimate of drug-likeness (QED) is 0.677. The molecule has 17 heavy (non-hydrogen) atoms. The molecule has 4 heteroatoms. The Morgan fingerprint density at radius 2 is 1.88 bits per heavy atom. The van der Waals surface area contributed by atoms with E-state index >= 15 is 0 Å². The van der Waals surface area contributed by atoms with Gasteiger partial charge in [-0.15, -0.1) is 0 Å². The van der Waals surface area contributed by atoms with Crippen LogP contribution in [0, 0.1) is 0 Å². The second-order valence-corrected chi connectivity index (χ2v) is 5.28. The maximum Gasteiger partial charge on any atom is 0.407 e. The van der Waals surface area contributed by atoms with E-state index in [9.17, 15) is 4.79 Å². The van der Waals surface area contributed by atoms with Crippen molar-refractivity contribution in [3.8, 4) is 0 Å². The lowest BCUT2D eigenvalue weighted by molar-refractivity contribution is 0.0528. The van der Waals surface area contributed by atoms with Crippen LogP contribution in [-0.2, 0) is 4.74 Å². The molecule has 0 bridgehead atoms. The maximum absolute atomic E-state index is 11.3. The molecule has 0 radical (unpaired) electrons. The predicted molar refractivity (Wildman–Crippen MR) is 71.2 cm³/mol. The molecular weight excluding hydrogens is 216 g/mol. The van der Waals surface area contributed by atoms with Crippen LogP contribution in [0.1, 0.15) is 53.9 Å². The molecule has 1 unspecified atom stereocenters. The van der Waals surface area contributed by atoms with Gasteiger partial charge in [-0.05, 0) is 33.6 Å². The highest BCUT2D eigenvalue weighted by molar-refractivity contribution is 5.67. The number of rotatable bonds is 7. The number of hydrogen-bond donors (Lipinski definition) is 2. The number of nitrogens with one attached hydrogen (secondary N) is 2. The molecule has 0 aliphatic rings. The van der Waals surface area contributed by atoms with E-state index in [0.29, 0.717) is 12.6 Å². The molecular formula is C13H28N2O2. The molecule has 0 fully saturated rings. The summed E-state index contributed by atoms with van der Waals surface area (Å²) in [5, 5.41) is 6.16. The predicted octanol–water partition coefficient (Wildman–Crippen LogP) is 2.68. The van der Waals surface area contributed by atoms with Gasteiger partial charge in [-0.3, -0.25) is 0 Å². The Hall–Kier alpha value is -0.770. The van der Waals surface area contributed by atoms with E-state index in [0.717, 1.165) is 13.0 Å². The average Bonchev–Trinajstić information content (AvgIpc) is 2.20. The third-order valence-electron chi connectivity index (χ3n) is 2.36. The van der Waals surface area contributed by atoms with Crippen molar-refractivity contribution in [2.45, 2.75) is 65.5 Å². The van der Waals surface area contributed by atoms with Crippen molar-refractivity contribution in [2.75, 3.05) is 13.1 Å². The summed E-state index contributed by atoms with van der Waals surface area (Å²) in [6.45, 7) is 11.3. The fourth-order valence-electron chi connectivity index (χ4n) is 1.55. The molecule has 0 rings (SSSR count). The first kappa shape index (κ1) is 16.2. The normalized spacial score (nSPS) is 13.2. The molecule has 0 spiro atoms. The van der Waals surface area contributed by atoms with Crippen LogP contribution in [-0.4, -0.2) is 30.8 Å². The van der Waals surface area contributed by atoms with Gasteiger partial charge in [0, 0.05) is 19.1 Å². The summed E-state index contributed by atoms with van der Waals surface area (Å²) in [6.07, 6.45) is 3.15. The molecule has 0 heterocycles. The highest BCUT2D eigenvalue weighted by Gasteiger charge is 2.15. The number of carbonyl (C=O) groups is 1. The molecule has 0 saturated heterocycles. The van der Waals surface area contributed by atoms with Crippen LogP contribution in [0.3, 0.4) is 0 Å². The molecule has 1 amide bonds. The van der Waals surface area contributed by atoms with E-state index in [1.165, 1.54) is 12.8 Å². The van der Waals surface area contributed by atoms with E-state index in [1.807, 2.05) is 20.8 Å². The van der Waals surface area contributed by atoms with E-state index in [2.05, 4.69) is 24.5 Å². The Morgan fingerprint density at radius 3 is 2.35 bits per heavy atom. The Bertz CT molecular complexity index is 212. The molecule has 2 N–H and O–H groups in total. The molecule has 102 valence electrons. The summed E-state index contributed by atoms with van der Waals surface area (Å²) in [5.74, 6) is 0. The fraction of sp³-hybridized carbons (Fsp3) is 0.923. The second-order valence-electron chi connectivity index (χ2n) is 5.28. The molecule has 0 aromatic rings. The highest BCUT2D eigenvalue weighted by Crippen LogP contribution is 2.06. The Morgan fingerprint density at radius 1 is 1.24 bits per heavy atom. The average molecular weight is 244 g/mol. The Balaban J connectivity index is 3.60. The van der Waals surface area contributed by atoms with Gasteiger partial charge in [0.15, 0.2) is 0 Å². The molecule has 1 atom stereocenters. The first-order valence-electron chi connectivity index (χ1n) is 6.59. The summed E-state index contributed by atoms with van der Waals surface area (Å²) >= 11 is 0. The van der Waals surface area contributed by atoms with Crippen molar-refractivity contribution in [2.24, 2.45) is 0 Å². The molecule has 0 saturated carbocycles. The van der Waals surface area contributed by atoms with Crippen LogP contribution in [0.2, 0.25) is 0 Å². The SMILES string of the molecule is CCCC(CC)NCCNC(=O)OC(C)(C)C. The van der Waals surface area contributed by atoms with E-state index in [-0.39, 0.29) is 6.09 Å². The minimum atomic E-state index is -0.425. The van der Waals surface area contributed by atoms with Crippen molar-refractivity contribution in [1.29, 1.82) is 0 Å².